The van der Waals surface area contributed by atoms with E-state index < -0.39 is 11.5 Å². The van der Waals surface area contributed by atoms with Crippen molar-refractivity contribution >= 4 is 11.9 Å². The lowest BCUT2D eigenvalue weighted by molar-refractivity contribution is -0.138. The molecule has 8 nitrogen and oxygen atoms in total. The molecule has 0 atom stereocenters. The summed E-state index contributed by atoms with van der Waals surface area (Å²) in [5, 5.41) is 15.9. The molecule has 0 bridgehead atoms. The second kappa shape index (κ2) is 8.20. The highest BCUT2D eigenvalue weighted by Gasteiger charge is 2.37. The Bertz CT molecular complexity index is 794. The fourth-order valence-corrected chi connectivity index (χ4v) is 3.34. The molecule has 0 spiro atoms. The van der Waals surface area contributed by atoms with Crippen LogP contribution in [-0.2, 0) is 17.8 Å². The van der Waals surface area contributed by atoms with Crippen LogP contribution in [0.5, 0.6) is 5.75 Å². The van der Waals surface area contributed by atoms with Crippen LogP contribution in [0, 0.1) is 0 Å². The maximum absolute atomic E-state index is 12.5. The SMILES string of the molecule is CCc1nc(COc2ccc(C(=O)NC3(CC(=O)O)CCCC3)cc2)no1. The Labute approximate surface area is 156 Å². The zero-order chi connectivity index (χ0) is 19.3. The van der Waals surface area contributed by atoms with Crippen LogP contribution in [0.3, 0.4) is 0 Å². The monoisotopic (exact) mass is 373 g/mol. The van der Waals surface area contributed by atoms with E-state index in [2.05, 4.69) is 15.5 Å². The minimum absolute atomic E-state index is 0.0512. The zero-order valence-electron chi connectivity index (χ0n) is 15.2. The highest BCUT2D eigenvalue weighted by molar-refractivity contribution is 5.95. The van der Waals surface area contributed by atoms with Crippen molar-refractivity contribution < 1.29 is 24.0 Å². The predicted octanol–water partition coefficient (Wildman–Crippen LogP) is 2.73. The van der Waals surface area contributed by atoms with Gasteiger partial charge in [0.1, 0.15) is 5.75 Å². The smallest absolute Gasteiger partial charge is 0.305 e. The summed E-state index contributed by atoms with van der Waals surface area (Å²) in [4.78, 5) is 27.8. The normalized spacial score (nSPS) is 15.4. The van der Waals surface area contributed by atoms with Gasteiger partial charge in [-0.1, -0.05) is 24.9 Å². The van der Waals surface area contributed by atoms with Gasteiger partial charge < -0.3 is 19.7 Å². The number of aryl methyl sites for hydroxylation is 1. The van der Waals surface area contributed by atoms with Crippen LogP contribution in [0.15, 0.2) is 28.8 Å². The molecule has 8 heteroatoms. The first-order valence-corrected chi connectivity index (χ1v) is 9.08. The van der Waals surface area contributed by atoms with Gasteiger partial charge in [-0.2, -0.15) is 4.98 Å². The number of carboxylic acid groups (broad SMARTS) is 1. The molecule has 1 aromatic heterocycles. The molecule has 0 saturated heterocycles. The van der Waals surface area contributed by atoms with Crippen molar-refractivity contribution in [1.82, 2.24) is 15.5 Å². The van der Waals surface area contributed by atoms with Crippen molar-refractivity contribution in [3.8, 4) is 5.75 Å². The quantitative estimate of drug-likeness (QED) is 0.731. The molecule has 1 aliphatic rings. The predicted molar refractivity (Wildman–Crippen MR) is 95.4 cm³/mol. The van der Waals surface area contributed by atoms with Gasteiger partial charge in [-0.05, 0) is 37.1 Å². The summed E-state index contributed by atoms with van der Waals surface area (Å²) in [6.07, 6.45) is 3.85. The maximum atomic E-state index is 12.5. The Hall–Kier alpha value is -2.90. The molecular formula is C19H23N3O5. The molecule has 0 unspecified atom stereocenters. The van der Waals surface area contributed by atoms with E-state index in [-0.39, 0.29) is 18.9 Å². The first kappa shape index (κ1) is 18.9. The summed E-state index contributed by atoms with van der Waals surface area (Å²) >= 11 is 0. The van der Waals surface area contributed by atoms with Gasteiger partial charge >= 0.3 is 5.97 Å². The van der Waals surface area contributed by atoms with E-state index in [4.69, 9.17) is 14.4 Å². The van der Waals surface area contributed by atoms with Crippen LogP contribution in [0.4, 0.5) is 0 Å². The van der Waals surface area contributed by atoms with Gasteiger partial charge in [0, 0.05) is 12.0 Å². The van der Waals surface area contributed by atoms with Gasteiger partial charge in [0.2, 0.25) is 11.7 Å². The molecule has 1 saturated carbocycles. The molecule has 1 aromatic carbocycles. The molecule has 1 heterocycles. The molecule has 144 valence electrons. The second-order valence-electron chi connectivity index (χ2n) is 6.78. The van der Waals surface area contributed by atoms with Gasteiger partial charge in [0.25, 0.3) is 5.91 Å². The van der Waals surface area contributed by atoms with Crippen molar-refractivity contribution in [2.24, 2.45) is 0 Å². The third-order valence-corrected chi connectivity index (χ3v) is 4.73. The number of nitrogens with one attached hydrogen (secondary N) is 1. The molecule has 27 heavy (non-hydrogen) atoms. The summed E-state index contributed by atoms with van der Waals surface area (Å²) in [6.45, 7) is 2.10. The molecular weight excluding hydrogens is 350 g/mol. The Morgan fingerprint density at radius 3 is 2.56 bits per heavy atom. The number of rotatable bonds is 8. The average molecular weight is 373 g/mol. The molecule has 2 N–H and O–H groups in total. The Kier molecular flexibility index (Phi) is 5.73. The molecule has 3 rings (SSSR count). The van der Waals surface area contributed by atoms with E-state index >= 15 is 0 Å². The summed E-state index contributed by atoms with van der Waals surface area (Å²) in [5.41, 5.74) is -0.180. The summed E-state index contributed by atoms with van der Waals surface area (Å²) in [7, 11) is 0. The number of aromatic nitrogens is 2. The number of amides is 1. The number of aliphatic carboxylic acids is 1. The van der Waals surface area contributed by atoms with Crippen LogP contribution in [-0.4, -0.2) is 32.7 Å². The van der Waals surface area contributed by atoms with E-state index in [1.807, 2.05) is 6.92 Å². The van der Waals surface area contributed by atoms with Gasteiger partial charge in [-0.3, -0.25) is 9.59 Å². The number of hydrogen-bond acceptors (Lipinski definition) is 6. The first-order valence-electron chi connectivity index (χ1n) is 9.08. The molecule has 0 radical (unpaired) electrons. The fraction of sp³-hybridized carbons (Fsp3) is 0.474. The lowest BCUT2D eigenvalue weighted by Gasteiger charge is -2.28. The lowest BCUT2D eigenvalue weighted by Crippen LogP contribution is -2.47. The topological polar surface area (TPSA) is 115 Å². The number of benzene rings is 1. The van der Waals surface area contributed by atoms with Crippen LogP contribution in [0.25, 0.3) is 0 Å². The summed E-state index contributed by atoms with van der Waals surface area (Å²) in [6, 6.07) is 6.69. The maximum Gasteiger partial charge on any atom is 0.305 e. The number of carboxylic acids is 1. The highest BCUT2D eigenvalue weighted by Crippen LogP contribution is 2.33. The van der Waals surface area contributed by atoms with Crippen molar-refractivity contribution in [2.75, 3.05) is 0 Å². The minimum Gasteiger partial charge on any atom is -0.485 e. The number of nitrogens with zero attached hydrogens (tertiary/aromatic N) is 2. The van der Waals surface area contributed by atoms with Gasteiger partial charge in [0.15, 0.2) is 6.61 Å². The fourth-order valence-electron chi connectivity index (χ4n) is 3.34. The number of carbonyl (C=O) groups is 2. The van der Waals surface area contributed by atoms with Crippen LogP contribution in [0.1, 0.15) is 61.1 Å². The first-order chi connectivity index (χ1) is 13.0. The standard InChI is InChI=1S/C19H23N3O5/c1-2-16-20-15(22-27-16)12-26-14-7-5-13(6-8-14)18(25)21-19(11-17(23)24)9-3-4-10-19/h5-8H,2-4,9-12H2,1H3,(H,21,25)(H,23,24). The lowest BCUT2D eigenvalue weighted by atomic mass is 9.92. The van der Waals surface area contributed by atoms with E-state index in [0.29, 0.717) is 42.3 Å². The number of carbonyl (C=O) groups excluding carboxylic acids is 1. The summed E-state index contributed by atoms with van der Waals surface area (Å²) < 4.78 is 10.6. The van der Waals surface area contributed by atoms with Crippen molar-refractivity contribution in [1.29, 1.82) is 0 Å². The third kappa shape index (κ3) is 4.84. The number of hydrogen-bond donors (Lipinski definition) is 2. The molecule has 2 aromatic rings. The third-order valence-electron chi connectivity index (χ3n) is 4.73. The van der Waals surface area contributed by atoms with Crippen LogP contribution >= 0.6 is 0 Å². The average Bonchev–Trinajstić information content (AvgIpc) is 3.29. The van der Waals surface area contributed by atoms with Gasteiger partial charge in [0.05, 0.1) is 12.0 Å². The minimum atomic E-state index is -0.895. The van der Waals surface area contributed by atoms with Crippen LogP contribution in [0.2, 0.25) is 0 Å². The van der Waals surface area contributed by atoms with E-state index in [1.165, 1.54) is 0 Å². The second-order valence-corrected chi connectivity index (χ2v) is 6.78. The van der Waals surface area contributed by atoms with E-state index in [1.54, 1.807) is 24.3 Å². The number of ether oxygens (including phenoxy) is 1. The Balaban J connectivity index is 1.58. The zero-order valence-corrected chi connectivity index (χ0v) is 15.2. The van der Waals surface area contributed by atoms with Crippen LogP contribution < -0.4 is 10.1 Å². The van der Waals surface area contributed by atoms with E-state index in [9.17, 15) is 9.59 Å². The van der Waals surface area contributed by atoms with Gasteiger partial charge in [-0.15, -0.1) is 0 Å². The van der Waals surface area contributed by atoms with Crippen molar-refractivity contribution in [2.45, 2.75) is 57.6 Å². The van der Waals surface area contributed by atoms with Crippen molar-refractivity contribution in [3.63, 3.8) is 0 Å². The van der Waals surface area contributed by atoms with E-state index in [0.717, 1.165) is 12.8 Å². The Morgan fingerprint density at radius 1 is 1.26 bits per heavy atom. The molecule has 1 aliphatic carbocycles. The molecule has 0 aliphatic heterocycles. The van der Waals surface area contributed by atoms with Gasteiger partial charge in [-0.25, -0.2) is 0 Å². The molecule has 1 fully saturated rings. The van der Waals surface area contributed by atoms with Crippen molar-refractivity contribution in [3.05, 3.63) is 41.5 Å². The summed E-state index contributed by atoms with van der Waals surface area (Å²) in [5.74, 6) is 0.438. The molecule has 1 amide bonds. The highest BCUT2D eigenvalue weighted by atomic mass is 16.5. The largest absolute Gasteiger partial charge is 0.485 e. The Morgan fingerprint density at radius 2 is 1.96 bits per heavy atom.